The number of imidazole rings is 1. The lowest BCUT2D eigenvalue weighted by molar-refractivity contribution is 1.05. The number of anilines is 3. The summed E-state index contributed by atoms with van der Waals surface area (Å²) in [6.07, 6.45) is 10.2. The molecule has 0 bridgehead atoms. The molecule has 5 aromatic heterocycles. The molecule has 142 valence electrons. The largest absolute Gasteiger partial charge is 0.364 e. The molecular weight excluding hydrogens is 386 g/mol. The molecule has 0 unspecified atom stereocenters. The first kappa shape index (κ1) is 17.2. The number of thiophene rings is 1. The molecule has 5 rings (SSSR count). The maximum absolute atomic E-state index is 4.66. The molecule has 0 aromatic carbocycles. The highest BCUT2D eigenvalue weighted by molar-refractivity contribution is 7.08. The number of fused-ring (bicyclic) bond motifs is 1. The van der Waals surface area contributed by atoms with Crippen LogP contribution >= 0.6 is 11.3 Å². The third-order valence-electron chi connectivity index (χ3n) is 4.17. The van der Waals surface area contributed by atoms with Gasteiger partial charge in [0.25, 0.3) is 0 Å². The van der Waals surface area contributed by atoms with Crippen LogP contribution in [-0.4, -0.2) is 34.5 Å². The standard InChI is InChI=1S/C19H15N9S/c1-2-13(8-20-4-1)9-23-17-16-18(28(12-24-16)14-3-7-29-11-14)27-19(26-17)25-15-10-21-5-6-22-15/h1-8,10-12H,9H2,(H2,22,23,25,26,27). The second kappa shape index (κ2) is 7.60. The number of hydrogen-bond donors (Lipinski definition) is 2. The van der Waals surface area contributed by atoms with Gasteiger partial charge in [-0.05, 0) is 23.1 Å². The number of hydrogen-bond acceptors (Lipinski definition) is 9. The van der Waals surface area contributed by atoms with Crippen molar-refractivity contribution in [1.82, 2.24) is 34.5 Å². The van der Waals surface area contributed by atoms with E-state index in [1.807, 2.05) is 39.7 Å². The van der Waals surface area contributed by atoms with Gasteiger partial charge in [0.1, 0.15) is 6.33 Å². The van der Waals surface area contributed by atoms with Gasteiger partial charge in [-0.3, -0.25) is 14.5 Å². The third-order valence-corrected chi connectivity index (χ3v) is 4.84. The van der Waals surface area contributed by atoms with E-state index in [1.165, 1.54) is 0 Å². The quantitative estimate of drug-likeness (QED) is 0.446. The molecule has 5 aromatic rings. The minimum absolute atomic E-state index is 0.406. The summed E-state index contributed by atoms with van der Waals surface area (Å²) in [5.41, 5.74) is 3.42. The van der Waals surface area contributed by atoms with Gasteiger partial charge in [0.15, 0.2) is 22.8 Å². The van der Waals surface area contributed by atoms with Gasteiger partial charge in [0, 0.05) is 36.7 Å². The molecule has 9 nitrogen and oxygen atoms in total. The summed E-state index contributed by atoms with van der Waals surface area (Å²) in [6, 6.07) is 5.92. The van der Waals surface area contributed by atoms with Crippen molar-refractivity contribution in [3.05, 3.63) is 71.8 Å². The Morgan fingerprint density at radius 3 is 2.76 bits per heavy atom. The van der Waals surface area contributed by atoms with E-state index in [9.17, 15) is 0 Å². The minimum Gasteiger partial charge on any atom is -0.364 e. The SMILES string of the molecule is c1cncc(CNc2nc(Nc3cnccn3)nc3c2ncn3-c2ccsc2)c1. The van der Waals surface area contributed by atoms with Gasteiger partial charge in [-0.25, -0.2) is 9.97 Å². The van der Waals surface area contributed by atoms with E-state index >= 15 is 0 Å². The number of aromatic nitrogens is 7. The lowest BCUT2D eigenvalue weighted by Gasteiger charge is -2.10. The Morgan fingerprint density at radius 2 is 1.97 bits per heavy atom. The Bertz CT molecular complexity index is 1220. The summed E-state index contributed by atoms with van der Waals surface area (Å²) in [6.45, 7) is 0.565. The van der Waals surface area contributed by atoms with Crippen molar-refractivity contribution in [2.75, 3.05) is 10.6 Å². The van der Waals surface area contributed by atoms with Crippen LogP contribution in [0, 0.1) is 0 Å². The second-order valence-corrected chi connectivity index (χ2v) is 6.87. The van der Waals surface area contributed by atoms with Gasteiger partial charge in [-0.1, -0.05) is 6.07 Å². The summed E-state index contributed by atoms with van der Waals surface area (Å²) in [4.78, 5) is 26.3. The van der Waals surface area contributed by atoms with Crippen molar-refractivity contribution in [2.45, 2.75) is 6.54 Å². The third kappa shape index (κ3) is 3.60. The van der Waals surface area contributed by atoms with Crippen molar-refractivity contribution in [3.8, 4) is 5.69 Å². The molecule has 0 spiro atoms. The molecule has 0 fully saturated rings. The number of pyridine rings is 1. The fourth-order valence-corrected chi connectivity index (χ4v) is 3.46. The molecular formula is C19H15N9S. The summed E-state index contributed by atoms with van der Waals surface area (Å²) < 4.78 is 1.94. The summed E-state index contributed by atoms with van der Waals surface area (Å²) in [5.74, 6) is 1.59. The zero-order chi connectivity index (χ0) is 19.5. The molecule has 5 heterocycles. The van der Waals surface area contributed by atoms with Gasteiger partial charge < -0.3 is 10.6 Å². The first-order chi connectivity index (χ1) is 14.4. The molecule has 10 heteroatoms. The van der Waals surface area contributed by atoms with Gasteiger partial charge in [0.2, 0.25) is 5.95 Å². The minimum atomic E-state index is 0.406. The van der Waals surface area contributed by atoms with Crippen molar-refractivity contribution >= 4 is 40.1 Å². The molecule has 0 saturated carbocycles. The molecule has 29 heavy (non-hydrogen) atoms. The van der Waals surface area contributed by atoms with E-state index in [2.05, 4.69) is 40.5 Å². The number of nitrogens with zero attached hydrogens (tertiary/aromatic N) is 7. The van der Waals surface area contributed by atoms with E-state index in [-0.39, 0.29) is 0 Å². The van der Waals surface area contributed by atoms with Crippen LogP contribution in [-0.2, 0) is 6.54 Å². The molecule has 0 aliphatic carbocycles. The Hall–Kier alpha value is -3.92. The zero-order valence-electron chi connectivity index (χ0n) is 15.1. The van der Waals surface area contributed by atoms with Crippen molar-refractivity contribution in [3.63, 3.8) is 0 Å². The number of rotatable bonds is 6. The smallest absolute Gasteiger partial charge is 0.232 e. The van der Waals surface area contributed by atoms with E-state index in [4.69, 9.17) is 0 Å². The van der Waals surface area contributed by atoms with Crippen LogP contribution in [0.15, 0.2) is 66.3 Å². The van der Waals surface area contributed by atoms with Crippen molar-refractivity contribution in [1.29, 1.82) is 0 Å². The maximum atomic E-state index is 4.66. The maximum Gasteiger partial charge on any atom is 0.232 e. The molecule has 0 atom stereocenters. The predicted molar refractivity (Wildman–Crippen MR) is 111 cm³/mol. The molecule has 0 saturated heterocycles. The highest BCUT2D eigenvalue weighted by Crippen LogP contribution is 2.25. The second-order valence-electron chi connectivity index (χ2n) is 6.09. The van der Waals surface area contributed by atoms with E-state index in [0.717, 1.165) is 11.3 Å². The predicted octanol–water partition coefficient (Wildman–Crippen LogP) is 3.42. The topological polar surface area (TPSA) is 106 Å². The Balaban J connectivity index is 1.56. The van der Waals surface area contributed by atoms with Gasteiger partial charge in [-0.15, -0.1) is 0 Å². The molecule has 0 amide bonds. The molecule has 0 radical (unpaired) electrons. The monoisotopic (exact) mass is 401 g/mol. The lowest BCUT2D eigenvalue weighted by atomic mass is 10.3. The van der Waals surface area contributed by atoms with E-state index in [0.29, 0.717) is 35.3 Å². The first-order valence-corrected chi connectivity index (χ1v) is 9.74. The summed E-state index contributed by atoms with van der Waals surface area (Å²) in [7, 11) is 0. The fraction of sp³-hybridized carbons (Fsp3) is 0.0526. The normalized spacial score (nSPS) is 10.9. The molecule has 0 aliphatic heterocycles. The van der Waals surface area contributed by atoms with Crippen LogP contribution in [0.25, 0.3) is 16.9 Å². The zero-order valence-corrected chi connectivity index (χ0v) is 15.9. The summed E-state index contributed by atoms with van der Waals surface area (Å²) >= 11 is 1.62. The van der Waals surface area contributed by atoms with Gasteiger partial charge >= 0.3 is 0 Å². The Kier molecular flexibility index (Phi) is 4.51. The molecule has 0 aliphatic rings. The van der Waals surface area contributed by atoms with Crippen LogP contribution in [0.1, 0.15) is 5.56 Å². The average molecular weight is 401 g/mol. The van der Waals surface area contributed by atoms with Crippen LogP contribution in [0.3, 0.4) is 0 Å². The van der Waals surface area contributed by atoms with Crippen LogP contribution in [0.4, 0.5) is 17.6 Å². The fourth-order valence-electron chi connectivity index (χ4n) is 2.83. The summed E-state index contributed by atoms with van der Waals surface area (Å²) in [5, 5.41) is 10.5. The number of nitrogens with one attached hydrogen (secondary N) is 2. The van der Waals surface area contributed by atoms with E-state index in [1.54, 1.807) is 42.5 Å². The average Bonchev–Trinajstić information content (AvgIpc) is 3.43. The highest BCUT2D eigenvalue weighted by atomic mass is 32.1. The van der Waals surface area contributed by atoms with Crippen molar-refractivity contribution < 1.29 is 0 Å². The first-order valence-electron chi connectivity index (χ1n) is 8.80. The van der Waals surface area contributed by atoms with Crippen molar-refractivity contribution in [2.24, 2.45) is 0 Å². The highest BCUT2D eigenvalue weighted by Gasteiger charge is 2.15. The van der Waals surface area contributed by atoms with Crippen LogP contribution < -0.4 is 10.6 Å². The van der Waals surface area contributed by atoms with E-state index < -0.39 is 0 Å². The van der Waals surface area contributed by atoms with Gasteiger partial charge in [-0.2, -0.15) is 21.3 Å². The Morgan fingerprint density at radius 1 is 1.00 bits per heavy atom. The Labute approximate surface area is 169 Å². The lowest BCUT2D eigenvalue weighted by Crippen LogP contribution is -2.07. The molecule has 2 N–H and O–H groups in total. The van der Waals surface area contributed by atoms with Gasteiger partial charge in [0.05, 0.1) is 11.9 Å². The van der Waals surface area contributed by atoms with Crippen LogP contribution in [0.2, 0.25) is 0 Å². The van der Waals surface area contributed by atoms with Crippen LogP contribution in [0.5, 0.6) is 0 Å².